The number of hydrogen-bond acceptors (Lipinski definition) is 3. The number of nitrogens with zero attached hydrogens (tertiary/aromatic N) is 1. The van der Waals surface area contributed by atoms with Gasteiger partial charge in [-0.25, -0.2) is 0 Å². The minimum absolute atomic E-state index is 0.254. The monoisotopic (exact) mass is 481 g/mol. The Morgan fingerprint density at radius 1 is 1.06 bits per heavy atom. The summed E-state index contributed by atoms with van der Waals surface area (Å²) in [5, 5.41) is 10.9. The van der Waals surface area contributed by atoms with Crippen molar-refractivity contribution in [1.29, 1.82) is 0 Å². The van der Waals surface area contributed by atoms with Gasteiger partial charge in [-0.1, -0.05) is 50.6 Å². The second-order valence-electron chi connectivity index (χ2n) is 10.2. The van der Waals surface area contributed by atoms with E-state index in [1.807, 2.05) is 57.8 Å². The van der Waals surface area contributed by atoms with Gasteiger partial charge in [-0.05, 0) is 91.6 Å². The molecule has 5 heteroatoms. The van der Waals surface area contributed by atoms with Crippen LogP contribution in [-0.2, 0) is 9.59 Å². The quantitative estimate of drug-likeness (QED) is 0.241. The fourth-order valence-corrected chi connectivity index (χ4v) is 4.23. The van der Waals surface area contributed by atoms with E-state index >= 15 is 0 Å². The topological polar surface area (TPSA) is 57.6 Å². The van der Waals surface area contributed by atoms with Gasteiger partial charge in [0.05, 0.1) is 5.92 Å². The molecule has 0 fully saturated rings. The molecule has 2 aromatic rings. The minimum Gasteiger partial charge on any atom is -0.481 e. The van der Waals surface area contributed by atoms with Gasteiger partial charge in [0.2, 0.25) is 0 Å². The number of carbonyl (C=O) groups excluding carboxylic acids is 1. The van der Waals surface area contributed by atoms with Gasteiger partial charge in [0.25, 0.3) is 0 Å². The molecule has 0 saturated carbocycles. The third-order valence-corrected chi connectivity index (χ3v) is 6.46. The molecule has 34 heavy (non-hydrogen) atoms. The lowest BCUT2D eigenvalue weighted by Gasteiger charge is -2.31. The van der Waals surface area contributed by atoms with Crippen LogP contribution in [0.4, 0.5) is 5.69 Å². The van der Waals surface area contributed by atoms with Crippen molar-refractivity contribution in [2.45, 2.75) is 54.9 Å². The number of aldehydes is 1. The standard InChI is InChI=1S/C29H36ClNO3/c1-18-9-14-24(15-19(18)2)31(8)21(4)27(22-10-12-23(30)13-11-22)26(20(3)17-32)25(28(33)34)16-29(5,6)7/h9-15,17,25H,16H2,1-8H3,(H,33,34)/b26-20-,27-21-. The predicted octanol–water partition coefficient (Wildman–Crippen LogP) is 7.48. The zero-order valence-corrected chi connectivity index (χ0v) is 22.2. The number of halogens is 1. The molecule has 0 aliphatic carbocycles. The highest BCUT2D eigenvalue weighted by atomic mass is 35.5. The number of rotatable bonds is 8. The van der Waals surface area contributed by atoms with Gasteiger partial charge in [-0.15, -0.1) is 0 Å². The van der Waals surface area contributed by atoms with Gasteiger partial charge in [0, 0.05) is 29.0 Å². The summed E-state index contributed by atoms with van der Waals surface area (Å²) < 4.78 is 0. The van der Waals surface area contributed by atoms with Crippen LogP contribution >= 0.6 is 11.6 Å². The Hall–Kier alpha value is -2.85. The number of carboxylic acid groups (broad SMARTS) is 1. The molecule has 0 aromatic heterocycles. The van der Waals surface area contributed by atoms with Crippen LogP contribution in [0.15, 0.2) is 59.3 Å². The Bertz CT molecular complexity index is 1120. The molecule has 0 aliphatic heterocycles. The molecule has 2 rings (SSSR count). The Labute approximate surface area is 208 Å². The Morgan fingerprint density at radius 3 is 2.12 bits per heavy atom. The Balaban J connectivity index is 2.89. The van der Waals surface area contributed by atoms with E-state index < -0.39 is 11.9 Å². The number of aliphatic carboxylic acids is 1. The number of aryl methyl sites for hydroxylation is 2. The minimum atomic E-state index is -0.945. The first kappa shape index (κ1) is 27.4. The van der Waals surface area contributed by atoms with E-state index in [-0.39, 0.29) is 5.41 Å². The molecule has 0 heterocycles. The summed E-state index contributed by atoms with van der Waals surface area (Å²) in [5.74, 6) is -1.79. The van der Waals surface area contributed by atoms with Crippen molar-refractivity contribution in [3.05, 3.63) is 81.0 Å². The van der Waals surface area contributed by atoms with Gasteiger partial charge < -0.3 is 10.0 Å². The number of carboxylic acids is 1. The average molecular weight is 482 g/mol. The smallest absolute Gasteiger partial charge is 0.311 e. The lowest BCUT2D eigenvalue weighted by Crippen LogP contribution is -2.26. The number of anilines is 1. The molecule has 0 bridgehead atoms. The maximum absolute atomic E-state index is 12.6. The summed E-state index contributed by atoms with van der Waals surface area (Å²) in [5.41, 5.74) is 6.44. The lowest BCUT2D eigenvalue weighted by atomic mass is 9.76. The average Bonchev–Trinajstić information content (AvgIpc) is 2.76. The first-order valence-electron chi connectivity index (χ1n) is 11.4. The van der Waals surface area contributed by atoms with Crippen LogP contribution in [0, 0.1) is 25.2 Å². The summed E-state index contributed by atoms with van der Waals surface area (Å²) in [6, 6.07) is 13.6. The molecule has 0 radical (unpaired) electrons. The molecule has 182 valence electrons. The van der Waals surface area contributed by atoms with Crippen molar-refractivity contribution in [3.63, 3.8) is 0 Å². The first-order valence-corrected chi connectivity index (χ1v) is 11.8. The summed E-state index contributed by atoms with van der Waals surface area (Å²) in [6.07, 6.45) is 1.15. The van der Waals surface area contributed by atoms with Gasteiger partial charge in [0.15, 0.2) is 0 Å². The molecule has 4 nitrogen and oxygen atoms in total. The molecule has 0 spiro atoms. The number of hydrogen-bond donors (Lipinski definition) is 1. The van der Waals surface area contributed by atoms with Gasteiger partial charge in [0.1, 0.15) is 6.29 Å². The number of allylic oxidation sites excluding steroid dienone is 3. The molecule has 1 unspecified atom stereocenters. The molecule has 1 atom stereocenters. The highest BCUT2D eigenvalue weighted by Gasteiger charge is 2.33. The second kappa shape index (κ2) is 11.1. The zero-order chi connectivity index (χ0) is 25.8. The molecule has 0 saturated heterocycles. The van der Waals surface area contributed by atoms with Gasteiger partial charge >= 0.3 is 5.97 Å². The Morgan fingerprint density at radius 2 is 1.65 bits per heavy atom. The molecule has 0 amide bonds. The van der Waals surface area contributed by atoms with E-state index in [9.17, 15) is 14.7 Å². The van der Waals surface area contributed by atoms with E-state index in [1.165, 1.54) is 11.1 Å². The van der Waals surface area contributed by atoms with E-state index in [1.54, 1.807) is 19.1 Å². The molecule has 2 aromatic carbocycles. The van der Waals surface area contributed by atoms with Crippen LogP contribution in [0.25, 0.3) is 5.57 Å². The van der Waals surface area contributed by atoms with Crippen molar-refractivity contribution in [2.24, 2.45) is 11.3 Å². The van der Waals surface area contributed by atoms with Crippen LogP contribution in [0.1, 0.15) is 57.7 Å². The predicted molar refractivity (Wildman–Crippen MR) is 142 cm³/mol. The van der Waals surface area contributed by atoms with Gasteiger partial charge in [-0.2, -0.15) is 0 Å². The SMILES string of the molecule is C/C(C=O)=C(/C(=C(/C)N(C)c1ccc(C)c(C)c1)c1ccc(Cl)cc1)C(CC(C)(C)C)C(=O)O. The maximum atomic E-state index is 12.6. The molecule has 0 aliphatic rings. The summed E-state index contributed by atoms with van der Waals surface area (Å²) in [7, 11) is 1.96. The fraction of sp³-hybridized carbons (Fsp3) is 0.379. The van der Waals surface area contributed by atoms with Crippen molar-refractivity contribution >= 4 is 35.1 Å². The van der Waals surface area contributed by atoms with Crippen LogP contribution < -0.4 is 4.90 Å². The third-order valence-electron chi connectivity index (χ3n) is 6.21. The number of carbonyl (C=O) groups is 2. The summed E-state index contributed by atoms with van der Waals surface area (Å²) >= 11 is 6.17. The lowest BCUT2D eigenvalue weighted by molar-refractivity contribution is -0.141. The highest BCUT2D eigenvalue weighted by molar-refractivity contribution is 6.30. The van der Waals surface area contributed by atoms with Crippen LogP contribution in [0.2, 0.25) is 5.02 Å². The highest BCUT2D eigenvalue weighted by Crippen LogP contribution is 2.40. The van der Waals surface area contributed by atoms with Crippen molar-refractivity contribution in [1.82, 2.24) is 0 Å². The van der Waals surface area contributed by atoms with Crippen LogP contribution in [0.3, 0.4) is 0 Å². The van der Waals surface area contributed by atoms with E-state index in [0.717, 1.165) is 28.8 Å². The second-order valence-corrected chi connectivity index (χ2v) is 10.6. The third kappa shape index (κ3) is 6.60. The first-order chi connectivity index (χ1) is 15.8. The van der Waals surface area contributed by atoms with Crippen LogP contribution in [0.5, 0.6) is 0 Å². The van der Waals surface area contributed by atoms with Crippen molar-refractivity contribution < 1.29 is 14.7 Å². The number of benzene rings is 2. The maximum Gasteiger partial charge on any atom is 0.311 e. The molecular formula is C29H36ClNO3. The van der Waals surface area contributed by atoms with Crippen LogP contribution in [-0.4, -0.2) is 24.4 Å². The van der Waals surface area contributed by atoms with E-state index in [2.05, 4.69) is 26.0 Å². The zero-order valence-electron chi connectivity index (χ0n) is 21.5. The van der Waals surface area contributed by atoms with E-state index in [0.29, 0.717) is 22.6 Å². The largest absolute Gasteiger partial charge is 0.481 e. The van der Waals surface area contributed by atoms with Crippen molar-refractivity contribution in [2.75, 3.05) is 11.9 Å². The summed E-state index contributed by atoms with van der Waals surface area (Å²) in [4.78, 5) is 26.7. The van der Waals surface area contributed by atoms with E-state index in [4.69, 9.17) is 11.6 Å². The summed E-state index contributed by atoms with van der Waals surface area (Å²) in [6.45, 7) is 13.8. The van der Waals surface area contributed by atoms with Crippen molar-refractivity contribution in [3.8, 4) is 0 Å². The molecule has 1 N–H and O–H groups in total. The normalized spacial score (nSPS) is 14.1. The fourth-order valence-electron chi connectivity index (χ4n) is 4.11. The Kier molecular flexibility index (Phi) is 8.90. The molecular weight excluding hydrogens is 446 g/mol. The van der Waals surface area contributed by atoms with Gasteiger partial charge in [-0.3, -0.25) is 9.59 Å².